The highest BCUT2D eigenvalue weighted by atomic mass is 16.2. The predicted octanol–water partition coefficient (Wildman–Crippen LogP) is 3.07. The Morgan fingerprint density at radius 2 is 1.76 bits per heavy atom. The van der Waals surface area contributed by atoms with Crippen LogP contribution in [0.2, 0.25) is 0 Å². The van der Waals surface area contributed by atoms with Crippen LogP contribution in [0.4, 0.5) is 17.1 Å². The number of nitrogens with zero attached hydrogens (tertiary/aromatic N) is 1. The minimum absolute atomic E-state index is 0.0651. The summed E-state index contributed by atoms with van der Waals surface area (Å²) in [5.41, 5.74) is 2.45. The lowest BCUT2D eigenvalue weighted by molar-refractivity contribution is -0.122. The number of aromatic nitrogens is 1. The minimum Gasteiger partial charge on any atom is -0.356 e. The van der Waals surface area contributed by atoms with Crippen LogP contribution in [0.5, 0.6) is 0 Å². The molecule has 1 heterocycles. The molecule has 0 atom stereocenters. The quantitative estimate of drug-likeness (QED) is 0.646. The summed E-state index contributed by atoms with van der Waals surface area (Å²) in [5, 5.41) is 9.06. The van der Waals surface area contributed by atoms with Gasteiger partial charge in [0.2, 0.25) is 11.8 Å². The van der Waals surface area contributed by atoms with Crippen LogP contribution >= 0.6 is 0 Å². The molecule has 25 heavy (non-hydrogen) atoms. The third-order valence-corrected chi connectivity index (χ3v) is 3.99. The second-order valence-electron chi connectivity index (χ2n) is 6.12. The summed E-state index contributed by atoms with van der Waals surface area (Å²) in [6.07, 6.45) is 6.40. The number of hydrogen-bond donors (Lipinski definition) is 3. The summed E-state index contributed by atoms with van der Waals surface area (Å²) >= 11 is 0. The Morgan fingerprint density at radius 3 is 2.48 bits per heavy atom. The van der Waals surface area contributed by atoms with E-state index in [1.54, 1.807) is 12.4 Å². The Bertz CT molecular complexity index is 729. The molecule has 1 fully saturated rings. The topological polar surface area (TPSA) is 83.1 Å². The fourth-order valence-electron chi connectivity index (χ4n) is 2.45. The normalized spacial score (nSPS) is 13.1. The van der Waals surface area contributed by atoms with Gasteiger partial charge in [0, 0.05) is 37.0 Å². The van der Waals surface area contributed by atoms with E-state index in [4.69, 9.17) is 0 Å². The zero-order valence-corrected chi connectivity index (χ0v) is 14.0. The number of amides is 2. The van der Waals surface area contributed by atoms with Gasteiger partial charge in [-0.1, -0.05) is 12.1 Å². The molecule has 130 valence electrons. The predicted molar refractivity (Wildman–Crippen MR) is 97.6 cm³/mol. The molecule has 6 heteroatoms. The molecule has 6 nitrogen and oxygen atoms in total. The number of para-hydroxylation sites is 2. The first-order valence-electron chi connectivity index (χ1n) is 8.56. The van der Waals surface area contributed by atoms with E-state index in [0.717, 1.165) is 29.9 Å². The maximum atomic E-state index is 12.1. The Balaban J connectivity index is 1.48. The first-order valence-corrected chi connectivity index (χ1v) is 8.56. The zero-order chi connectivity index (χ0) is 17.5. The van der Waals surface area contributed by atoms with Gasteiger partial charge in [-0.3, -0.25) is 14.6 Å². The van der Waals surface area contributed by atoms with Crippen LogP contribution < -0.4 is 16.0 Å². The Hall–Kier alpha value is -2.89. The maximum Gasteiger partial charge on any atom is 0.224 e. The van der Waals surface area contributed by atoms with E-state index in [1.807, 2.05) is 36.4 Å². The van der Waals surface area contributed by atoms with Crippen LogP contribution in [0.15, 0.2) is 48.8 Å². The van der Waals surface area contributed by atoms with Crippen molar-refractivity contribution >= 4 is 28.9 Å². The third kappa shape index (κ3) is 5.31. The largest absolute Gasteiger partial charge is 0.356 e. The van der Waals surface area contributed by atoms with E-state index in [9.17, 15) is 9.59 Å². The lowest BCUT2D eigenvalue weighted by Gasteiger charge is -2.13. The first kappa shape index (κ1) is 17.0. The van der Waals surface area contributed by atoms with Crippen molar-refractivity contribution in [1.82, 2.24) is 10.3 Å². The van der Waals surface area contributed by atoms with Crippen LogP contribution in [0.25, 0.3) is 0 Å². The number of carbonyl (C=O) groups excluding carboxylic acids is 2. The molecular formula is C19H22N4O2. The molecule has 0 spiro atoms. The third-order valence-electron chi connectivity index (χ3n) is 3.99. The SMILES string of the molecule is O=C(CCCNC(=O)C1CC1)Nc1ccccc1Nc1ccncc1. The van der Waals surface area contributed by atoms with E-state index >= 15 is 0 Å². The number of benzene rings is 1. The number of carbonyl (C=O) groups is 2. The van der Waals surface area contributed by atoms with Crippen molar-refractivity contribution in [2.45, 2.75) is 25.7 Å². The highest BCUT2D eigenvalue weighted by Gasteiger charge is 2.28. The van der Waals surface area contributed by atoms with Crippen LogP contribution in [0.1, 0.15) is 25.7 Å². The zero-order valence-electron chi connectivity index (χ0n) is 14.0. The molecule has 2 aromatic rings. The number of rotatable bonds is 8. The van der Waals surface area contributed by atoms with Gasteiger partial charge in [-0.15, -0.1) is 0 Å². The average Bonchev–Trinajstić information content (AvgIpc) is 3.46. The van der Waals surface area contributed by atoms with Crippen LogP contribution in [0.3, 0.4) is 0 Å². The molecule has 3 N–H and O–H groups in total. The number of pyridine rings is 1. The molecule has 1 aliphatic rings. The molecule has 1 aliphatic carbocycles. The Morgan fingerprint density at radius 1 is 1.04 bits per heavy atom. The molecule has 0 unspecified atom stereocenters. The summed E-state index contributed by atoms with van der Waals surface area (Å²) in [4.78, 5) is 27.7. The Labute approximate surface area is 147 Å². The number of hydrogen-bond acceptors (Lipinski definition) is 4. The van der Waals surface area contributed by atoms with Gasteiger partial charge in [0.15, 0.2) is 0 Å². The van der Waals surface area contributed by atoms with Gasteiger partial charge < -0.3 is 16.0 Å². The van der Waals surface area contributed by atoms with Gasteiger partial charge in [-0.2, -0.15) is 0 Å². The van der Waals surface area contributed by atoms with E-state index in [0.29, 0.717) is 19.4 Å². The van der Waals surface area contributed by atoms with Gasteiger partial charge in [0.05, 0.1) is 11.4 Å². The van der Waals surface area contributed by atoms with Crippen molar-refractivity contribution in [1.29, 1.82) is 0 Å². The van der Waals surface area contributed by atoms with Crippen molar-refractivity contribution in [3.63, 3.8) is 0 Å². The molecular weight excluding hydrogens is 316 g/mol. The monoisotopic (exact) mass is 338 g/mol. The van der Waals surface area contributed by atoms with Crippen LogP contribution in [-0.4, -0.2) is 23.3 Å². The lowest BCUT2D eigenvalue weighted by Crippen LogP contribution is -2.26. The van der Waals surface area contributed by atoms with Gasteiger partial charge in [-0.25, -0.2) is 0 Å². The first-order chi connectivity index (χ1) is 12.2. The van der Waals surface area contributed by atoms with Crippen molar-refractivity contribution in [2.24, 2.45) is 5.92 Å². The summed E-state index contributed by atoms with van der Waals surface area (Å²) in [7, 11) is 0. The maximum absolute atomic E-state index is 12.1. The molecule has 1 aromatic carbocycles. The van der Waals surface area contributed by atoms with Gasteiger partial charge >= 0.3 is 0 Å². The molecule has 0 aliphatic heterocycles. The fraction of sp³-hybridized carbons (Fsp3) is 0.316. The fourth-order valence-corrected chi connectivity index (χ4v) is 2.45. The number of nitrogens with one attached hydrogen (secondary N) is 3. The molecule has 1 aromatic heterocycles. The highest BCUT2D eigenvalue weighted by molar-refractivity contribution is 5.94. The van der Waals surface area contributed by atoms with Gasteiger partial charge in [-0.05, 0) is 43.5 Å². The lowest BCUT2D eigenvalue weighted by atomic mass is 10.2. The smallest absolute Gasteiger partial charge is 0.224 e. The molecule has 0 saturated heterocycles. The second-order valence-corrected chi connectivity index (χ2v) is 6.12. The van der Waals surface area contributed by atoms with Crippen LogP contribution in [-0.2, 0) is 9.59 Å². The van der Waals surface area contributed by atoms with Crippen molar-refractivity contribution < 1.29 is 9.59 Å². The summed E-state index contributed by atoms with van der Waals surface area (Å²) in [6.45, 7) is 0.541. The van der Waals surface area contributed by atoms with E-state index in [1.165, 1.54) is 0 Å². The molecule has 1 saturated carbocycles. The summed E-state index contributed by atoms with van der Waals surface area (Å²) < 4.78 is 0. The highest BCUT2D eigenvalue weighted by Crippen LogP contribution is 2.28. The standard InChI is InChI=1S/C19H22N4O2/c24-18(6-3-11-21-19(25)14-7-8-14)23-17-5-2-1-4-16(17)22-15-9-12-20-13-10-15/h1-2,4-5,9-10,12-14H,3,6-8,11H2,(H,20,22)(H,21,25)(H,23,24). The van der Waals surface area contributed by atoms with Gasteiger partial charge in [0.1, 0.15) is 0 Å². The van der Waals surface area contributed by atoms with Crippen molar-refractivity contribution in [3.05, 3.63) is 48.8 Å². The summed E-state index contributed by atoms with van der Waals surface area (Å²) in [6, 6.07) is 11.3. The molecule has 2 amide bonds. The van der Waals surface area contributed by atoms with Crippen molar-refractivity contribution in [3.8, 4) is 0 Å². The molecule has 3 rings (SSSR count). The number of anilines is 3. The molecule has 0 bridgehead atoms. The van der Waals surface area contributed by atoms with E-state index < -0.39 is 0 Å². The van der Waals surface area contributed by atoms with Crippen LogP contribution in [0, 0.1) is 5.92 Å². The molecule has 0 radical (unpaired) electrons. The van der Waals surface area contributed by atoms with Crippen molar-refractivity contribution in [2.75, 3.05) is 17.2 Å². The second kappa shape index (κ2) is 8.28. The van der Waals surface area contributed by atoms with E-state index in [-0.39, 0.29) is 17.7 Å². The summed E-state index contributed by atoms with van der Waals surface area (Å²) in [5.74, 6) is 0.261. The average molecular weight is 338 g/mol. The van der Waals surface area contributed by atoms with E-state index in [2.05, 4.69) is 20.9 Å². The minimum atomic E-state index is -0.0651. The van der Waals surface area contributed by atoms with Gasteiger partial charge in [0.25, 0.3) is 0 Å². The Kier molecular flexibility index (Phi) is 5.61.